The summed E-state index contributed by atoms with van der Waals surface area (Å²) in [7, 11) is 0. The van der Waals surface area contributed by atoms with Gasteiger partial charge in [0.1, 0.15) is 11.7 Å². The van der Waals surface area contributed by atoms with Crippen LogP contribution in [0.15, 0.2) is 18.2 Å². The fourth-order valence-electron chi connectivity index (χ4n) is 3.13. The third-order valence-electron chi connectivity index (χ3n) is 4.77. The Balaban J connectivity index is 2.55. The average molecular weight is 433 g/mol. The number of hydrogen-bond donors (Lipinski definition) is 3. The predicted octanol–water partition coefficient (Wildman–Crippen LogP) is 3.33. The fourth-order valence-corrected chi connectivity index (χ4v) is 3.43. The zero-order valence-corrected chi connectivity index (χ0v) is 17.8. The van der Waals surface area contributed by atoms with Crippen molar-refractivity contribution in [3.8, 4) is 0 Å². The highest BCUT2D eigenvalue weighted by atomic mass is 35.5. The van der Waals surface area contributed by atoms with E-state index in [0.717, 1.165) is 4.90 Å². The van der Waals surface area contributed by atoms with Gasteiger partial charge in [0.25, 0.3) is 0 Å². The van der Waals surface area contributed by atoms with Gasteiger partial charge in [0, 0.05) is 6.92 Å². The Morgan fingerprint density at radius 3 is 2.46 bits per heavy atom. The minimum absolute atomic E-state index is 0.0824. The Bertz CT molecular complexity index is 752. The van der Waals surface area contributed by atoms with Crippen LogP contribution in [-0.4, -0.2) is 58.5 Å². The lowest BCUT2D eigenvalue weighted by atomic mass is 9.88. The molecule has 1 aliphatic rings. The van der Waals surface area contributed by atoms with E-state index in [-0.39, 0.29) is 30.6 Å². The molecule has 0 aliphatic carbocycles. The number of hydrogen-bond acceptors (Lipinski definition) is 4. The molecule has 1 aromatic rings. The lowest BCUT2D eigenvalue weighted by Crippen LogP contribution is -2.54. The first-order valence-electron chi connectivity index (χ1n) is 8.88. The number of β-amino-alcohol motifs (C(OH)–C–C–N with tert-alkyl or cyclic N) is 1. The second kappa shape index (κ2) is 8.45. The third-order valence-corrected chi connectivity index (χ3v) is 5.50. The van der Waals surface area contributed by atoms with Crippen LogP contribution in [0, 0.1) is 5.41 Å². The van der Waals surface area contributed by atoms with Gasteiger partial charge in [0.15, 0.2) is 0 Å². The van der Waals surface area contributed by atoms with Gasteiger partial charge < -0.3 is 25.2 Å². The molecule has 1 saturated heterocycles. The number of aliphatic hydroxyl groups is 1. The topological polar surface area (TPSA) is 99.1 Å². The minimum Gasteiger partial charge on any atom is -0.465 e. The van der Waals surface area contributed by atoms with Crippen LogP contribution in [0.5, 0.6) is 0 Å². The minimum atomic E-state index is -1.71. The molecule has 0 aromatic heterocycles. The molecule has 2 rings (SSSR count). The highest BCUT2D eigenvalue weighted by molar-refractivity contribution is 6.42. The van der Waals surface area contributed by atoms with Crippen LogP contribution in [0.2, 0.25) is 10.0 Å². The van der Waals surface area contributed by atoms with E-state index in [2.05, 4.69) is 5.32 Å². The quantitative estimate of drug-likeness (QED) is 0.679. The van der Waals surface area contributed by atoms with Crippen molar-refractivity contribution in [2.24, 2.45) is 5.41 Å². The zero-order chi connectivity index (χ0) is 21.3. The van der Waals surface area contributed by atoms with Gasteiger partial charge in [-0.15, -0.1) is 0 Å². The number of carbonyl (C=O) groups excluding carboxylic acids is 1. The van der Waals surface area contributed by atoms with Crippen molar-refractivity contribution >= 4 is 35.2 Å². The van der Waals surface area contributed by atoms with Gasteiger partial charge in [-0.05, 0) is 23.1 Å². The van der Waals surface area contributed by atoms with Crippen molar-refractivity contribution in [2.45, 2.75) is 45.5 Å². The van der Waals surface area contributed by atoms with Crippen molar-refractivity contribution < 1.29 is 24.5 Å². The third kappa shape index (κ3) is 5.29. The second-order valence-electron chi connectivity index (χ2n) is 8.22. The smallest absolute Gasteiger partial charge is 0.407 e. The number of carbonyl (C=O) groups is 2. The number of halogens is 2. The molecule has 1 aromatic carbocycles. The standard InChI is InChI=1S/C19H26Cl2N2O5/c1-11(24)22-9-19(27)10-23(17(25)26)8-15(18(2,3)4)28-16(19)12-5-6-13(20)14(21)7-12/h5-7,15-16,27H,8-10H2,1-4H3,(H,22,24)(H,25,26)/t15-,16-,19-/m0/s1. The number of amides is 2. The summed E-state index contributed by atoms with van der Waals surface area (Å²) >= 11 is 12.2. The van der Waals surface area contributed by atoms with Crippen molar-refractivity contribution in [3.05, 3.63) is 33.8 Å². The fraction of sp³-hybridized carbons (Fsp3) is 0.579. The maximum atomic E-state index is 11.8. The van der Waals surface area contributed by atoms with E-state index in [0.29, 0.717) is 10.6 Å². The Labute approximate surface area is 174 Å². The first-order valence-corrected chi connectivity index (χ1v) is 9.64. The van der Waals surface area contributed by atoms with Crippen molar-refractivity contribution in [1.29, 1.82) is 0 Å². The molecule has 28 heavy (non-hydrogen) atoms. The predicted molar refractivity (Wildman–Crippen MR) is 107 cm³/mol. The SMILES string of the molecule is CC(=O)NC[C@]1(O)CN(C(=O)O)C[C@@H](C(C)(C)C)O[C@H]1c1ccc(Cl)c(Cl)c1. The Kier molecular flexibility index (Phi) is 6.86. The average Bonchev–Trinajstić information content (AvgIpc) is 2.73. The summed E-state index contributed by atoms with van der Waals surface area (Å²) in [5, 5.41) is 24.3. The molecule has 156 valence electrons. The Morgan fingerprint density at radius 2 is 1.96 bits per heavy atom. The number of carboxylic acid groups (broad SMARTS) is 1. The maximum absolute atomic E-state index is 11.8. The number of nitrogens with one attached hydrogen (secondary N) is 1. The van der Waals surface area contributed by atoms with E-state index in [1.165, 1.54) is 6.92 Å². The van der Waals surface area contributed by atoms with Crippen LogP contribution in [-0.2, 0) is 9.53 Å². The van der Waals surface area contributed by atoms with Crippen LogP contribution in [0.3, 0.4) is 0 Å². The van der Waals surface area contributed by atoms with Crippen LogP contribution < -0.4 is 5.32 Å². The largest absolute Gasteiger partial charge is 0.465 e. The molecule has 2 amide bonds. The summed E-state index contributed by atoms with van der Waals surface area (Å²) in [6.45, 7) is 6.78. The van der Waals surface area contributed by atoms with E-state index < -0.39 is 29.3 Å². The monoisotopic (exact) mass is 432 g/mol. The van der Waals surface area contributed by atoms with E-state index in [1.807, 2.05) is 20.8 Å². The Hall–Kier alpha value is -1.54. The lowest BCUT2D eigenvalue weighted by Gasteiger charge is -2.37. The van der Waals surface area contributed by atoms with Crippen LogP contribution in [0.1, 0.15) is 39.4 Å². The molecule has 0 bridgehead atoms. The van der Waals surface area contributed by atoms with Crippen molar-refractivity contribution in [3.63, 3.8) is 0 Å². The van der Waals surface area contributed by atoms with Gasteiger partial charge in [-0.25, -0.2) is 4.79 Å². The summed E-state index contributed by atoms with van der Waals surface area (Å²) in [5.74, 6) is -0.347. The van der Waals surface area contributed by atoms with E-state index in [9.17, 15) is 19.8 Å². The maximum Gasteiger partial charge on any atom is 0.407 e. The molecule has 1 fully saturated rings. The van der Waals surface area contributed by atoms with Crippen molar-refractivity contribution in [1.82, 2.24) is 10.2 Å². The van der Waals surface area contributed by atoms with Gasteiger partial charge >= 0.3 is 6.09 Å². The van der Waals surface area contributed by atoms with Crippen LogP contribution in [0.25, 0.3) is 0 Å². The molecule has 0 unspecified atom stereocenters. The van der Waals surface area contributed by atoms with Gasteiger partial charge in [-0.3, -0.25) is 4.79 Å². The molecule has 3 atom stereocenters. The van der Waals surface area contributed by atoms with Gasteiger partial charge in [0.05, 0.1) is 35.8 Å². The molecular weight excluding hydrogens is 407 g/mol. The molecule has 0 radical (unpaired) electrons. The number of nitrogens with zero attached hydrogens (tertiary/aromatic N) is 1. The molecule has 7 nitrogen and oxygen atoms in total. The molecule has 0 spiro atoms. The Morgan fingerprint density at radius 1 is 1.32 bits per heavy atom. The van der Waals surface area contributed by atoms with Crippen LogP contribution in [0.4, 0.5) is 4.79 Å². The van der Waals surface area contributed by atoms with Gasteiger partial charge in [-0.2, -0.15) is 0 Å². The summed E-state index contributed by atoms with van der Waals surface area (Å²) in [6, 6.07) is 4.85. The van der Waals surface area contributed by atoms with E-state index >= 15 is 0 Å². The van der Waals surface area contributed by atoms with E-state index in [4.69, 9.17) is 27.9 Å². The van der Waals surface area contributed by atoms with E-state index in [1.54, 1.807) is 18.2 Å². The van der Waals surface area contributed by atoms with Crippen LogP contribution >= 0.6 is 23.2 Å². The summed E-state index contributed by atoms with van der Waals surface area (Å²) in [6.07, 6.45) is -2.61. The summed E-state index contributed by atoms with van der Waals surface area (Å²) < 4.78 is 6.28. The van der Waals surface area contributed by atoms with Gasteiger partial charge in [0.2, 0.25) is 5.91 Å². The summed E-state index contributed by atoms with van der Waals surface area (Å²) in [4.78, 5) is 24.4. The number of ether oxygens (including phenoxy) is 1. The lowest BCUT2D eigenvalue weighted by molar-refractivity contribution is -0.143. The molecule has 3 N–H and O–H groups in total. The molecule has 9 heteroatoms. The number of benzene rings is 1. The zero-order valence-electron chi connectivity index (χ0n) is 16.3. The van der Waals surface area contributed by atoms with Gasteiger partial charge in [-0.1, -0.05) is 50.0 Å². The molecular formula is C19H26Cl2N2O5. The first kappa shape index (κ1) is 22.7. The molecule has 1 heterocycles. The van der Waals surface area contributed by atoms with Crippen molar-refractivity contribution in [2.75, 3.05) is 19.6 Å². The molecule has 0 saturated carbocycles. The number of rotatable bonds is 3. The first-order chi connectivity index (χ1) is 12.8. The normalized spacial score (nSPS) is 25.9. The highest BCUT2D eigenvalue weighted by Gasteiger charge is 2.48. The summed E-state index contributed by atoms with van der Waals surface area (Å²) in [5.41, 5.74) is -1.56. The molecule has 1 aliphatic heterocycles. The highest BCUT2D eigenvalue weighted by Crippen LogP contribution is 2.40. The second-order valence-corrected chi connectivity index (χ2v) is 9.04.